The Kier molecular flexibility index (Phi) is 25.3. The number of hydroxylamine groups is 1. The van der Waals surface area contributed by atoms with E-state index in [1.165, 1.54) is 75.2 Å². The average molecular weight is 1410 g/mol. The summed E-state index contributed by atoms with van der Waals surface area (Å²) in [7, 11) is 0. The molecule has 5 aromatic carbocycles. The lowest BCUT2D eigenvalue weighted by Crippen LogP contribution is -2.17. The number of nitrogens with one attached hydrogen (secondary N) is 4. The van der Waals surface area contributed by atoms with Crippen LogP contribution in [-0.2, 0) is 27.6 Å². The van der Waals surface area contributed by atoms with Gasteiger partial charge in [0.15, 0.2) is 31.6 Å². The predicted octanol–water partition coefficient (Wildman–Crippen LogP) is 15.2. The largest absolute Gasteiger partial charge is 0.508 e. The summed E-state index contributed by atoms with van der Waals surface area (Å²) < 4.78 is 0. The SMILES string of the molecule is C=C1N=C(c2cccc(CSc3nc(-c4cccs4)c(C#N)c(=O)[nH]3)c2)NO1.CC(C)Sc1nc(-c2ccccc2)c(C#N)c(=O)[nH]1.Cc1cccc(CSc2nc(Cl)c(C#N)c(-c3ccccc3)n2)c1.[C-]#[N+]c1c(-c2cccs2)nc(SCC(=O)Cc2ccccc2O)[nH]c1=O. The third-order valence-corrected chi connectivity index (χ3v) is 18.9. The number of H-pyrrole nitrogens is 3. The van der Waals surface area contributed by atoms with E-state index in [2.05, 4.69) is 93.0 Å². The zero-order valence-electron chi connectivity index (χ0n) is 51.6. The highest BCUT2D eigenvalue weighted by Gasteiger charge is 2.20. The van der Waals surface area contributed by atoms with E-state index >= 15 is 0 Å². The molecule has 6 aromatic heterocycles. The number of hydrogen-bond acceptors (Lipinski definition) is 22. The second-order valence-electron chi connectivity index (χ2n) is 20.5. The maximum Gasteiger partial charge on any atom is 0.276 e. The number of amidine groups is 1. The number of phenols is 1. The van der Waals surface area contributed by atoms with Gasteiger partial charge in [0, 0.05) is 50.3 Å². The Labute approximate surface area is 586 Å². The highest BCUT2D eigenvalue weighted by molar-refractivity contribution is 8.00. The molecular formula is C70H53ClN14O6S6. The van der Waals surface area contributed by atoms with E-state index in [0.29, 0.717) is 72.1 Å². The number of carbonyl (C=O) groups is 1. The van der Waals surface area contributed by atoms with Gasteiger partial charge in [-0.3, -0.25) is 19.2 Å². The molecule has 0 spiro atoms. The van der Waals surface area contributed by atoms with Gasteiger partial charge in [0.2, 0.25) is 5.88 Å². The number of thioether (sulfide) groups is 4. The Bertz CT molecular complexity index is 5040. The van der Waals surface area contributed by atoms with Gasteiger partial charge < -0.3 is 24.9 Å². The molecule has 7 heterocycles. The van der Waals surface area contributed by atoms with Crippen molar-refractivity contribution in [2.75, 3.05) is 5.75 Å². The van der Waals surface area contributed by atoms with Crippen molar-refractivity contribution in [3.8, 4) is 67.6 Å². The summed E-state index contributed by atoms with van der Waals surface area (Å²) in [6.45, 7) is 16.9. The molecule has 0 saturated carbocycles. The first-order valence-corrected chi connectivity index (χ1v) is 34.9. The smallest absolute Gasteiger partial charge is 0.276 e. The van der Waals surface area contributed by atoms with Gasteiger partial charge in [0.05, 0.1) is 34.3 Å². The van der Waals surface area contributed by atoms with Gasteiger partial charge in [0.25, 0.3) is 22.4 Å². The Hall–Kier alpha value is -10.7. The maximum absolute atomic E-state index is 12.3. The van der Waals surface area contributed by atoms with E-state index in [0.717, 1.165) is 49.5 Å². The molecule has 0 fully saturated rings. The highest BCUT2D eigenvalue weighted by atomic mass is 35.5. The summed E-state index contributed by atoms with van der Waals surface area (Å²) in [6, 6.07) is 54.9. The molecule has 1 aliphatic heterocycles. The van der Waals surface area contributed by atoms with E-state index in [9.17, 15) is 34.8 Å². The molecule has 12 rings (SSSR count). The minimum Gasteiger partial charge on any atom is -0.508 e. The molecule has 20 nitrogen and oxygen atoms in total. The fraction of sp³-hybridized carbons (Fsp3) is 0.114. The molecule has 0 radical (unpaired) electrons. The first kappa shape index (κ1) is 70.7. The fourth-order valence-electron chi connectivity index (χ4n) is 8.83. The number of aryl methyl sites for hydroxylation is 1. The van der Waals surface area contributed by atoms with Crippen LogP contribution in [0.4, 0.5) is 5.69 Å². The van der Waals surface area contributed by atoms with Crippen molar-refractivity contribution in [3.63, 3.8) is 0 Å². The van der Waals surface area contributed by atoms with Crippen molar-refractivity contribution < 1.29 is 14.7 Å². The summed E-state index contributed by atoms with van der Waals surface area (Å²) in [5.41, 5.74) is 9.97. The predicted molar refractivity (Wildman–Crippen MR) is 385 cm³/mol. The first-order chi connectivity index (χ1) is 47.0. The number of rotatable bonds is 18. The lowest BCUT2D eigenvalue weighted by Gasteiger charge is -2.08. The van der Waals surface area contributed by atoms with Crippen molar-refractivity contribution >= 4 is 98.6 Å². The third kappa shape index (κ3) is 19.5. The van der Waals surface area contributed by atoms with Gasteiger partial charge in [-0.15, -0.1) is 22.7 Å². The Balaban J connectivity index is 0.000000153. The Morgan fingerprint density at radius 1 is 0.639 bits per heavy atom. The van der Waals surface area contributed by atoms with Crippen molar-refractivity contribution in [3.05, 3.63) is 273 Å². The first-order valence-electron chi connectivity index (χ1n) is 29.0. The molecule has 0 amide bonds. The van der Waals surface area contributed by atoms with Crippen LogP contribution in [0.3, 0.4) is 0 Å². The molecule has 97 heavy (non-hydrogen) atoms. The second kappa shape index (κ2) is 34.7. The van der Waals surface area contributed by atoms with Gasteiger partial charge >= 0.3 is 0 Å². The van der Waals surface area contributed by atoms with Crippen LogP contribution in [0.25, 0.3) is 48.5 Å². The van der Waals surface area contributed by atoms with Crippen LogP contribution < -0.4 is 22.2 Å². The number of ketones is 1. The number of nitriles is 3. The lowest BCUT2D eigenvalue weighted by atomic mass is 10.1. The van der Waals surface area contributed by atoms with Gasteiger partial charge in [-0.1, -0.05) is 212 Å². The fourth-order valence-corrected chi connectivity index (χ4v) is 13.6. The van der Waals surface area contributed by atoms with E-state index in [1.54, 1.807) is 24.3 Å². The number of thiophene rings is 2. The molecule has 0 unspecified atom stereocenters. The van der Waals surface area contributed by atoms with E-state index in [-0.39, 0.29) is 56.4 Å². The van der Waals surface area contributed by atoms with E-state index < -0.39 is 11.1 Å². The molecule has 0 atom stereocenters. The molecule has 0 saturated heterocycles. The zero-order chi connectivity index (χ0) is 68.8. The van der Waals surface area contributed by atoms with Crippen LogP contribution in [0.1, 0.15) is 58.4 Å². The number of benzene rings is 5. The maximum atomic E-state index is 12.3. The monoisotopic (exact) mass is 1410 g/mol. The van der Waals surface area contributed by atoms with Crippen LogP contribution in [0.2, 0.25) is 5.15 Å². The van der Waals surface area contributed by atoms with E-state index in [4.69, 9.17) is 28.3 Å². The van der Waals surface area contributed by atoms with Gasteiger partial charge in [-0.25, -0.2) is 35.2 Å². The highest BCUT2D eigenvalue weighted by Crippen LogP contribution is 2.33. The van der Waals surface area contributed by atoms with Crippen molar-refractivity contribution in [1.82, 2.24) is 45.4 Å². The number of aromatic nitrogens is 8. The number of para-hydroxylation sites is 1. The number of halogens is 1. The molecule has 5 N–H and O–H groups in total. The molecule has 1 aliphatic rings. The summed E-state index contributed by atoms with van der Waals surface area (Å²) in [5, 5.41) is 43.6. The number of aromatic hydroxyl groups is 1. The number of aromatic amines is 3. The minimum absolute atomic E-state index is 0.0272. The zero-order valence-corrected chi connectivity index (χ0v) is 57.2. The number of Topliss-reactive ketones (excluding diaryl/α,β-unsaturated/α-hetero) is 1. The molecule has 11 aromatic rings. The quantitative estimate of drug-likeness (QED) is 0.0231. The second-order valence-corrected chi connectivity index (χ2v) is 27.2. The van der Waals surface area contributed by atoms with Crippen LogP contribution in [0.5, 0.6) is 5.75 Å². The average Bonchev–Trinajstić information content (AvgIpc) is 1.87. The summed E-state index contributed by atoms with van der Waals surface area (Å²) in [4.78, 5) is 92.4. The summed E-state index contributed by atoms with van der Waals surface area (Å²) >= 11 is 14.5. The standard InChI is InChI=1S/C19H14ClN3S.C19H13N5O2S2.C18H13N3O3S2.C14H13N3OS/c1-13-6-5-7-14(10-13)12-24-19-22-17(15-8-3-2-4-9-15)16(11-21)18(20)23-19;1-11-21-17(24-26-11)13-5-2-4-12(8-13)10-28-19-22-16(15-6-3-7-27-15)14(9-20)18(25)23-19;1-19-16-15(14-7-4-8-25-14)20-18(21-17(16)24)26-10-12(22)9-11-5-2-3-6-13(11)23;1-9(2)19-14-16-12(10-6-4-3-5-7-10)11(8-15)13(18)17-14/h2-10H,12H2,1H3;2-8H,1,10H2,(H,21,24)(H,22,23,25);2-8,23H,9-10H2,(H,20,21,24);3-7,9H,1-2H3,(H,16,17,18). The van der Waals surface area contributed by atoms with Crippen LogP contribution >= 0.6 is 81.3 Å². The lowest BCUT2D eigenvalue weighted by molar-refractivity contribution is -0.116. The normalized spacial score (nSPS) is 11.1. The topological polar surface area (TPSA) is 310 Å². The number of aliphatic imine (C=N–C) groups is 1. The molecule has 27 heteroatoms. The summed E-state index contributed by atoms with van der Waals surface area (Å²) in [5.74, 6) is 2.32. The Morgan fingerprint density at radius 3 is 1.78 bits per heavy atom. The number of carbonyl (C=O) groups excluding carboxylic acids is 1. The molecule has 0 aliphatic carbocycles. The third-order valence-electron chi connectivity index (χ3n) is 13.2. The van der Waals surface area contributed by atoms with Gasteiger partial charge in [-0.2, -0.15) is 20.8 Å². The van der Waals surface area contributed by atoms with Crippen molar-refractivity contribution in [2.45, 2.75) is 64.6 Å². The van der Waals surface area contributed by atoms with Gasteiger partial charge in [-0.05, 0) is 59.7 Å². The van der Waals surface area contributed by atoms with Crippen LogP contribution in [-0.4, -0.2) is 67.6 Å². The van der Waals surface area contributed by atoms with Crippen LogP contribution in [0.15, 0.2) is 221 Å². The van der Waals surface area contributed by atoms with Crippen molar-refractivity contribution in [1.29, 1.82) is 15.8 Å². The number of hydrogen-bond donors (Lipinski definition) is 5. The van der Waals surface area contributed by atoms with Crippen molar-refractivity contribution in [2.24, 2.45) is 4.99 Å². The Morgan fingerprint density at radius 2 is 1.19 bits per heavy atom. The molecule has 482 valence electrons. The molecular weight excluding hydrogens is 1360 g/mol. The van der Waals surface area contributed by atoms with Gasteiger partial charge in [0.1, 0.15) is 52.1 Å². The number of phenolic OH excluding ortho intramolecular Hbond substituents is 1. The van der Waals surface area contributed by atoms with E-state index in [1.807, 2.05) is 146 Å². The molecule has 0 bridgehead atoms. The summed E-state index contributed by atoms with van der Waals surface area (Å²) in [6.07, 6.45) is 0.0990. The number of nitrogens with zero attached hydrogens (tertiary/aromatic N) is 10. The minimum atomic E-state index is -0.519. The van der Waals surface area contributed by atoms with Crippen LogP contribution in [0, 0.1) is 47.5 Å².